The number of hydrogen-bond donors (Lipinski definition) is 0. The van der Waals surface area contributed by atoms with Crippen LogP contribution < -0.4 is 14.2 Å². The third-order valence-corrected chi connectivity index (χ3v) is 8.10. The van der Waals surface area contributed by atoms with E-state index in [9.17, 15) is 4.79 Å². The Hall–Kier alpha value is -3.69. The Labute approximate surface area is 267 Å². The number of carbonyl (C=O) groups excluding carboxylic acids is 1. The van der Waals surface area contributed by atoms with Gasteiger partial charge in [-0.3, -0.25) is 4.79 Å². The number of ketones is 1. The minimum Gasteiger partial charge on any atom is -0.497 e. The molecule has 0 saturated carbocycles. The molecule has 0 radical (unpaired) electrons. The van der Waals surface area contributed by atoms with E-state index >= 15 is 0 Å². The Morgan fingerprint density at radius 1 is 0.711 bits per heavy atom. The van der Waals surface area contributed by atoms with Crippen molar-refractivity contribution in [3.63, 3.8) is 0 Å². The normalized spacial score (nSPS) is 22.0. The average molecular weight is 619 g/mol. The van der Waals surface area contributed by atoms with Crippen LogP contribution in [0, 0.1) is 5.92 Å². The Morgan fingerprint density at radius 3 is 1.53 bits per heavy atom. The number of rotatable bonds is 16. The number of methoxy groups -OCH3 is 3. The molecule has 1 heterocycles. The standard InChI is InChI=1S/C37H46O8/c1-24(2)20-33-37(44-23-29-12-18-32(41-7)19-13-29)34(42-21-27-8-14-30(39-5)15-9-27)25(3)35(45-33)36(26(4)38)43-22-28-10-16-31(40-6)17-11-28/h8-19,25,33-37H,1,20-23H2,2-7H3/t25-,33-,34-,35-,36-,37-/m1/s1. The molecule has 4 rings (SSSR count). The van der Waals surface area contributed by atoms with Gasteiger partial charge in [0.2, 0.25) is 0 Å². The van der Waals surface area contributed by atoms with E-state index in [-0.39, 0.29) is 18.3 Å². The summed E-state index contributed by atoms with van der Waals surface area (Å²) in [5.74, 6) is 1.96. The third-order valence-electron chi connectivity index (χ3n) is 8.10. The second kappa shape index (κ2) is 16.6. The third kappa shape index (κ3) is 9.41. The van der Waals surface area contributed by atoms with Crippen molar-refractivity contribution >= 4 is 5.78 Å². The molecule has 3 aromatic carbocycles. The molecule has 1 aliphatic rings. The van der Waals surface area contributed by atoms with Crippen molar-refractivity contribution in [1.29, 1.82) is 0 Å². The highest BCUT2D eigenvalue weighted by atomic mass is 16.6. The van der Waals surface area contributed by atoms with Gasteiger partial charge in [0.05, 0.1) is 59.5 Å². The quantitative estimate of drug-likeness (QED) is 0.164. The molecule has 45 heavy (non-hydrogen) atoms. The SMILES string of the molecule is C=C(C)C[C@H]1O[C@@H]([C@H](OCc2ccc(OC)cc2)C(C)=O)[C@H](C)[C@@H](OCc2ccc(OC)cc2)[C@@H]1OCc1ccc(OC)cc1. The van der Waals surface area contributed by atoms with Crippen LogP contribution >= 0.6 is 0 Å². The van der Waals surface area contributed by atoms with Gasteiger partial charge in [-0.05, 0) is 73.4 Å². The maximum absolute atomic E-state index is 13.1. The van der Waals surface area contributed by atoms with E-state index in [0.29, 0.717) is 19.6 Å². The molecule has 1 saturated heterocycles. The largest absolute Gasteiger partial charge is 0.497 e. The zero-order valence-electron chi connectivity index (χ0n) is 27.2. The van der Waals surface area contributed by atoms with E-state index in [4.69, 9.17) is 33.2 Å². The lowest BCUT2D eigenvalue weighted by molar-refractivity contribution is -0.250. The molecule has 0 amide bonds. The fourth-order valence-electron chi connectivity index (χ4n) is 5.58. The summed E-state index contributed by atoms with van der Waals surface area (Å²) in [5, 5.41) is 0. The lowest BCUT2D eigenvalue weighted by Gasteiger charge is -2.47. The van der Waals surface area contributed by atoms with Crippen LogP contribution in [0.1, 0.15) is 43.9 Å². The van der Waals surface area contributed by atoms with Gasteiger partial charge in [-0.15, -0.1) is 6.58 Å². The summed E-state index contributed by atoms with van der Waals surface area (Å²) < 4.78 is 42.2. The first-order valence-corrected chi connectivity index (χ1v) is 15.3. The van der Waals surface area contributed by atoms with Crippen LogP contribution in [0.25, 0.3) is 0 Å². The van der Waals surface area contributed by atoms with E-state index in [1.54, 1.807) is 28.3 Å². The van der Waals surface area contributed by atoms with Crippen molar-refractivity contribution in [2.75, 3.05) is 21.3 Å². The van der Waals surface area contributed by atoms with Gasteiger partial charge in [0.25, 0.3) is 0 Å². The number of benzene rings is 3. The van der Waals surface area contributed by atoms with E-state index in [1.807, 2.05) is 86.6 Å². The van der Waals surface area contributed by atoms with Gasteiger partial charge >= 0.3 is 0 Å². The summed E-state index contributed by atoms with van der Waals surface area (Å²) in [6.07, 6.45) is -2.06. The first-order valence-electron chi connectivity index (χ1n) is 15.3. The fourth-order valence-corrected chi connectivity index (χ4v) is 5.58. The summed E-state index contributed by atoms with van der Waals surface area (Å²) in [6.45, 7) is 10.7. The van der Waals surface area contributed by atoms with Crippen molar-refractivity contribution in [2.45, 2.75) is 77.5 Å². The molecular formula is C37H46O8. The van der Waals surface area contributed by atoms with Gasteiger partial charge in [0.1, 0.15) is 29.5 Å². The fraction of sp³-hybridized carbons (Fsp3) is 0.432. The molecular weight excluding hydrogens is 572 g/mol. The maximum atomic E-state index is 13.1. The first-order chi connectivity index (χ1) is 21.7. The molecule has 8 nitrogen and oxygen atoms in total. The second-order valence-corrected chi connectivity index (χ2v) is 11.6. The molecule has 3 aromatic rings. The summed E-state index contributed by atoms with van der Waals surface area (Å²) >= 11 is 0. The summed E-state index contributed by atoms with van der Waals surface area (Å²) in [7, 11) is 4.91. The van der Waals surface area contributed by atoms with Crippen LogP contribution in [0.4, 0.5) is 0 Å². The Balaban J connectivity index is 1.60. The molecule has 0 bridgehead atoms. The topological polar surface area (TPSA) is 81.7 Å². The lowest BCUT2D eigenvalue weighted by atomic mass is 9.83. The van der Waals surface area contributed by atoms with Gasteiger partial charge in [-0.2, -0.15) is 0 Å². The molecule has 8 heteroatoms. The predicted molar refractivity (Wildman–Crippen MR) is 173 cm³/mol. The Bertz CT molecular complexity index is 1350. The van der Waals surface area contributed by atoms with E-state index in [0.717, 1.165) is 39.5 Å². The molecule has 242 valence electrons. The van der Waals surface area contributed by atoms with Gasteiger partial charge in [0, 0.05) is 5.92 Å². The van der Waals surface area contributed by atoms with E-state index in [1.165, 1.54) is 0 Å². The summed E-state index contributed by atoms with van der Waals surface area (Å²) in [4.78, 5) is 13.1. The molecule has 0 aromatic heterocycles. The van der Waals surface area contributed by atoms with Gasteiger partial charge in [-0.1, -0.05) is 48.9 Å². The van der Waals surface area contributed by atoms with Crippen molar-refractivity contribution in [3.05, 3.63) is 102 Å². The highest BCUT2D eigenvalue weighted by Gasteiger charge is 2.49. The number of hydrogen-bond acceptors (Lipinski definition) is 8. The molecule has 1 aliphatic heterocycles. The van der Waals surface area contributed by atoms with Crippen molar-refractivity contribution in [2.24, 2.45) is 5.92 Å². The van der Waals surface area contributed by atoms with Crippen LogP contribution in [0.5, 0.6) is 17.2 Å². The lowest BCUT2D eigenvalue weighted by Crippen LogP contribution is -2.59. The smallest absolute Gasteiger partial charge is 0.161 e. The van der Waals surface area contributed by atoms with Gasteiger partial charge in [0.15, 0.2) is 5.78 Å². The number of carbonyl (C=O) groups is 1. The maximum Gasteiger partial charge on any atom is 0.161 e. The molecule has 0 N–H and O–H groups in total. The number of ether oxygens (including phenoxy) is 7. The van der Waals surface area contributed by atoms with Crippen molar-refractivity contribution in [1.82, 2.24) is 0 Å². The second-order valence-electron chi connectivity index (χ2n) is 11.6. The summed E-state index contributed by atoms with van der Waals surface area (Å²) in [6, 6.07) is 23.2. The van der Waals surface area contributed by atoms with E-state index < -0.39 is 30.5 Å². The molecule has 0 aliphatic carbocycles. The minimum atomic E-state index is -0.802. The van der Waals surface area contributed by atoms with Gasteiger partial charge in [-0.25, -0.2) is 0 Å². The van der Waals surface area contributed by atoms with E-state index in [2.05, 4.69) is 6.58 Å². The average Bonchev–Trinajstić information content (AvgIpc) is 3.05. The Kier molecular flexibility index (Phi) is 12.6. The molecule has 0 spiro atoms. The number of Topliss-reactive ketones (excluding diaryl/α,β-unsaturated/α-hetero) is 1. The first kappa shape index (κ1) is 34.2. The molecule has 1 fully saturated rings. The molecule has 6 atom stereocenters. The predicted octanol–water partition coefficient (Wildman–Crippen LogP) is 6.73. The van der Waals surface area contributed by atoms with Crippen LogP contribution in [0.3, 0.4) is 0 Å². The summed E-state index contributed by atoms with van der Waals surface area (Å²) in [5.41, 5.74) is 3.86. The molecule has 0 unspecified atom stereocenters. The Morgan fingerprint density at radius 2 is 1.13 bits per heavy atom. The van der Waals surface area contributed by atoms with Crippen LogP contribution in [0.15, 0.2) is 84.9 Å². The van der Waals surface area contributed by atoms with Crippen LogP contribution in [-0.4, -0.2) is 57.6 Å². The highest BCUT2D eigenvalue weighted by Crippen LogP contribution is 2.36. The van der Waals surface area contributed by atoms with Crippen LogP contribution in [-0.2, 0) is 43.6 Å². The van der Waals surface area contributed by atoms with Crippen molar-refractivity contribution in [3.8, 4) is 17.2 Å². The van der Waals surface area contributed by atoms with Gasteiger partial charge < -0.3 is 33.2 Å². The monoisotopic (exact) mass is 618 g/mol. The zero-order valence-corrected chi connectivity index (χ0v) is 27.2. The minimum absolute atomic E-state index is 0.110. The zero-order chi connectivity index (χ0) is 32.3. The highest BCUT2D eigenvalue weighted by molar-refractivity contribution is 5.81. The van der Waals surface area contributed by atoms with Crippen molar-refractivity contribution < 1.29 is 38.0 Å². The van der Waals surface area contributed by atoms with Crippen LogP contribution in [0.2, 0.25) is 0 Å².